The molecule has 2 saturated heterocycles. The van der Waals surface area contributed by atoms with E-state index in [9.17, 15) is 33.4 Å². The van der Waals surface area contributed by atoms with Gasteiger partial charge in [-0.05, 0) is 30.5 Å². The minimum absolute atomic E-state index is 0.0154. The van der Waals surface area contributed by atoms with E-state index >= 15 is 0 Å². The number of benzene rings is 3. The summed E-state index contributed by atoms with van der Waals surface area (Å²) in [5.74, 6) is -0.947. The van der Waals surface area contributed by atoms with Gasteiger partial charge in [0.15, 0.2) is 0 Å². The summed E-state index contributed by atoms with van der Waals surface area (Å²) in [5, 5.41) is 27.6. The highest BCUT2D eigenvalue weighted by atomic mass is 32.2. The Kier molecular flexibility index (Phi) is 9.89. The van der Waals surface area contributed by atoms with Crippen molar-refractivity contribution in [1.29, 1.82) is 0 Å². The maximum atomic E-state index is 13.5. The smallest absolute Gasteiger partial charge is 0.293 e. The van der Waals surface area contributed by atoms with Crippen LogP contribution in [0.3, 0.4) is 0 Å². The van der Waals surface area contributed by atoms with Gasteiger partial charge in [0, 0.05) is 75.5 Å². The number of non-ortho nitro benzene ring substituents is 1. The fraction of sp³-hybridized carbons (Fsp3) is 0.333. The Morgan fingerprint density at radius 1 is 0.935 bits per heavy atom. The van der Waals surface area contributed by atoms with E-state index in [1.54, 1.807) is 12.1 Å². The van der Waals surface area contributed by atoms with E-state index in [2.05, 4.69) is 27.6 Å². The maximum Gasteiger partial charge on any atom is 0.293 e. The Morgan fingerprint density at radius 2 is 1.63 bits per heavy atom. The summed E-state index contributed by atoms with van der Waals surface area (Å²) in [6.07, 6.45) is 1.79. The molecule has 0 atom stereocenters. The normalized spacial score (nSPS) is 16.8. The van der Waals surface area contributed by atoms with Crippen molar-refractivity contribution < 1.29 is 23.1 Å². The molecule has 16 heteroatoms. The number of nitro groups is 2. The van der Waals surface area contributed by atoms with Gasteiger partial charge in [0.25, 0.3) is 11.4 Å². The van der Waals surface area contributed by atoms with Crippen LogP contribution in [0.5, 0.6) is 0 Å². The average Bonchev–Trinajstić information content (AvgIpc) is 3.05. The first kappa shape index (κ1) is 32.5. The van der Waals surface area contributed by atoms with Gasteiger partial charge in [0.1, 0.15) is 10.6 Å². The van der Waals surface area contributed by atoms with Crippen LogP contribution in [0.25, 0.3) is 0 Å². The molecule has 0 saturated carbocycles. The highest BCUT2D eigenvalue weighted by Crippen LogP contribution is 2.32. The SMILES string of the molecule is NC(=O)C1CCN(S(=O)(=O)c2cc([N+](=O)[O-])ccc2N/N=C\c2ccc(N3CCN(Cc4ccccc4)CC3)c([N+](=O)[O-])c2)CC1. The van der Waals surface area contributed by atoms with Gasteiger partial charge in [-0.15, -0.1) is 0 Å². The Balaban J connectivity index is 1.30. The minimum atomic E-state index is -4.21. The van der Waals surface area contributed by atoms with Crippen LogP contribution in [0, 0.1) is 26.1 Å². The van der Waals surface area contributed by atoms with Crippen LogP contribution in [0.4, 0.5) is 22.7 Å². The molecule has 1 amide bonds. The molecule has 0 aliphatic carbocycles. The number of carbonyl (C=O) groups excluding carboxylic acids is 1. The van der Waals surface area contributed by atoms with Crippen LogP contribution < -0.4 is 16.1 Å². The van der Waals surface area contributed by atoms with Gasteiger partial charge in [0.2, 0.25) is 15.9 Å². The second-order valence-electron chi connectivity index (χ2n) is 11.1. The molecule has 0 spiro atoms. The van der Waals surface area contributed by atoms with Crippen molar-refractivity contribution >= 4 is 44.9 Å². The molecule has 3 aromatic rings. The van der Waals surface area contributed by atoms with Crippen molar-refractivity contribution in [2.24, 2.45) is 16.8 Å². The van der Waals surface area contributed by atoms with E-state index in [-0.39, 0.29) is 42.2 Å². The number of nitrogens with two attached hydrogens (primary N) is 1. The number of nitrogens with one attached hydrogen (secondary N) is 1. The molecular weight excluding hydrogens is 616 g/mol. The number of hydrogen-bond acceptors (Lipinski definition) is 11. The van der Waals surface area contributed by atoms with Crippen molar-refractivity contribution in [3.63, 3.8) is 0 Å². The molecule has 15 nitrogen and oxygen atoms in total. The quantitative estimate of drug-likeness (QED) is 0.177. The van der Waals surface area contributed by atoms with E-state index in [0.717, 1.165) is 36.1 Å². The van der Waals surface area contributed by atoms with Crippen LogP contribution in [0.1, 0.15) is 24.0 Å². The third-order valence-corrected chi connectivity index (χ3v) is 10.1. The number of primary amides is 1. The van der Waals surface area contributed by atoms with Crippen molar-refractivity contribution in [2.75, 3.05) is 49.6 Å². The number of carbonyl (C=O) groups is 1. The Bertz CT molecular complexity index is 1740. The van der Waals surface area contributed by atoms with Gasteiger partial charge in [-0.1, -0.05) is 36.4 Å². The zero-order valence-corrected chi connectivity index (χ0v) is 25.7. The van der Waals surface area contributed by atoms with Crippen molar-refractivity contribution in [3.05, 3.63) is 98.1 Å². The fourth-order valence-corrected chi connectivity index (χ4v) is 7.28. The first-order chi connectivity index (χ1) is 22.0. The van der Waals surface area contributed by atoms with Crippen molar-refractivity contribution in [1.82, 2.24) is 9.21 Å². The number of nitro benzene ring substituents is 2. The van der Waals surface area contributed by atoms with Crippen LogP contribution in [0.15, 0.2) is 76.7 Å². The Morgan fingerprint density at radius 3 is 2.26 bits per heavy atom. The number of rotatable bonds is 11. The van der Waals surface area contributed by atoms with Crippen molar-refractivity contribution in [3.8, 4) is 0 Å². The van der Waals surface area contributed by atoms with Crippen LogP contribution in [-0.4, -0.2) is 78.9 Å². The lowest BCUT2D eigenvalue weighted by Gasteiger charge is -2.35. The van der Waals surface area contributed by atoms with Gasteiger partial charge in [-0.25, -0.2) is 8.42 Å². The average molecular weight is 651 g/mol. The summed E-state index contributed by atoms with van der Waals surface area (Å²) in [4.78, 5) is 37.8. The molecule has 2 fully saturated rings. The Labute approximate surface area is 265 Å². The number of hydrogen-bond donors (Lipinski definition) is 2. The van der Waals surface area contributed by atoms with E-state index < -0.39 is 37.4 Å². The van der Waals surface area contributed by atoms with E-state index in [1.807, 2.05) is 23.1 Å². The first-order valence-electron chi connectivity index (χ1n) is 14.7. The van der Waals surface area contributed by atoms with E-state index in [0.29, 0.717) is 24.3 Å². The zero-order chi connectivity index (χ0) is 32.8. The third kappa shape index (κ3) is 7.47. The topological polar surface area (TPSA) is 198 Å². The number of piperazine rings is 1. The lowest BCUT2D eigenvalue weighted by molar-refractivity contribution is -0.385. The number of sulfonamides is 1. The third-order valence-electron chi connectivity index (χ3n) is 8.21. The fourth-order valence-electron chi connectivity index (χ4n) is 5.65. The second kappa shape index (κ2) is 14.0. The molecule has 0 aromatic heterocycles. The molecule has 0 unspecified atom stereocenters. The van der Waals surface area contributed by atoms with Crippen LogP contribution in [-0.2, 0) is 21.4 Å². The summed E-state index contributed by atoms with van der Waals surface area (Å²) in [5.41, 5.74) is 9.58. The van der Waals surface area contributed by atoms with Gasteiger partial charge in [-0.3, -0.25) is 35.3 Å². The number of amides is 1. The Hall–Kier alpha value is -4.93. The maximum absolute atomic E-state index is 13.5. The van der Waals surface area contributed by atoms with Crippen LogP contribution in [0.2, 0.25) is 0 Å². The molecule has 2 aliphatic rings. The molecule has 5 rings (SSSR count). The molecule has 242 valence electrons. The van der Waals surface area contributed by atoms with Crippen molar-refractivity contribution in [2.45, 2.75) is 24.3 Å². The minimum Gasteiger partial charge on any atom is -0.369 e. The first-order valence-corrected chi connectivity index (χ1v) is 16.1. The highest BCUT2D eigenvalue weighted by Gasteiger charge is 2.34. The van der Waals surface area contributed by atoms with Gasteiger partial charge in [0.05, 0.1) is 21.7 Å². The summed E-state index contributed by atoms with van der Waals surface area (Å²) >= 11 is 0. The second-order valence-corrected chi connectivity index (χ2v) is 13.0. The molecular formula is C30H34N8O7S. The van der Waals surface area contributed by atoms with Gasteiger partial charge < -0.3 is 10.6 Å². The van der Waals surface area contributed by atoms with Gasteiger partial charge in [-0.2, -0.15) is 9.41 Å². The predicted molar refractivity (Wildman–Crippen MR) is 172 cm³/mol. The number of piperidine rings is 1. The molecule has 46 heavy (non-hydrogen) atoms. The van der Waals surface area contributed by atoms with Crippen LogP contribution >= 0.6 is 0 Å². The lowest BCUT2D eigenvalue weighted by Crippen LogP contribution is -2.46. The number of anilines is 2. The summed E-state index contributed by atoms with van der Waals surface area (Å²) < 4.78 is 28.2. The summed E-state index contributed by atoms with van der Waals surface area (Å²) in [7, 11) is -4.21. The monoisotopic (exact) mass is 650 g/mol. The summed E-state index contributed by atoms with van der Waals surface area (Å²) in [6.45, 7) is 3.62. The molecule has 2 heterocycles. The molecule has 3 N–H and O–H groups in total. The highest BCUT2D eigenvalue weighted by molar-refractivity contribution is 7.89. The molecule has 3 aromatic carbocycles. The summed E-state index contributed by atoms with van der Waals surface area (Å²) in [6, 6.07) is 18.2. The zero-order valence-electron chi connectivity index (χ0n) is 24.9. The van der Waals surface area contributed by atoms with E-state index in [1.165, 1.54) is 23.9 Å². The number of hydrazone groups is 1. The molecule has 0 radical (unpaired) electrons. The van der Waals surface area contributed by atoms with E-state index in [4.69, 9.17) is 5.73 Å². The lowest BCUT2D eigenvalue weighted by atomic mass is 9.98. The molecule has 0 bridgehead atoms. The number of nitrogens with zero attached hydrogens (tertiary/aromatic N) is 6. The molecule has 2 aliphatic heterocycles. The van der Waals surface area contributed by atoms with Gasteiger partial charge >= 0.3 is 0 Å². The standard InChI is InChI=1S/C30H34N8O7S/c31-30(39)24-10-12-36(13-11-24)46(44,45)29-19-25(37(40)41)7-8-26(29)33-32-20-23-6-9-27(28(18-23)38(42)43)35-16-14-34(15-17-35)21-22-4-2-1-3-5-22/h1-9,18-20,24,33H,10-17,21H2,(H2,31,39)/b32-20-. The largest absolute Gasteiger partial charge is 0.369 e. The predicted octanol–water partition coefficient (Wildman–Crippen LogP) is 3.16.